The fourth-order valence-corrected chi connectivity index (χ4v) is 3.45. The van der Waals surface area contributed by atoms with Gasteiger partial charge in [0.05, 0.1) is 5.56 Å². The normalized spacial score (nSPS) is 15.8. The number of amides is 1. The second-order valence-corrected chi connectivity index (χ2v) is 6.74. The van der Waals surface area contributed by atoms with Gasteiger partial charge in [0, 0.05) is 42.3 Å². The van der Waals surface area contributed by atoms with Gasteiger partial charge in [0.2, 0.25) is 0 Å². The molecular formula is C19H18F3N5O. The highest BCUT2D eigenvalue weighted by molar-refractivity contribution is 6.06. The van der Waals surface area contributed by atoms with Crippen molar-refractivity contribution in [3.8, 4) is 0 Å². The molecule has 0 radical (unpaired) electrons. The molecule has 6 nitrogen and oxygen atoms in total. The maximum absolute atomic E-state index is 12.8. The molecule has 2 aromatic heterocycles. The number of para-hydroxylation sites is 1. The average molecular weight is 389 g/mol. The highest BCUT2D eigenvalue weighted by Crippen LogP contribution is 2.29. The van der Waals surface area contributed by atoms with E-state index in [2.05, 4.69) is 20.3 Å². The Kier molecular flexibility index (Phi) is 4.66. The maximum Gasteiger partial charge on any atom is 0.433 e. The van der Waals surface area contributed by atoms with Crippen molar-refractivity contribution < 1.29 is 18.0 Å². The molecule has 0 unspecified atom stereocenters. The molecule has 0 saturated carbocycles. The van der Waals surface area contributed by atoms with E-state index in [0.29, 0.717) is 31.5 Å². The van der Waals surface area contributed by atoms with Gasteiger partial charge in [-0.2, -0.15) is 13.2 Å². The first kappa shape index (κ1) is 18.3. The molecule has 28 heavy (non-hydrogen) atoms. The second-order valence-electron chi connectivity index (χ2n) is 6.74. The smallest absolute Gasteiger partial charge is 0.360 e. The molecule has 1 aromatic carbocycles. The zero-order valence-electron chi connectivity index (χ0n) is 14.8. The fraction of sp³-hybridized carbons (Fsp3) is 0.316. The van der Waals surface area contributed by atoms with Gasteiger partial charge in [0.25, 0.3) is 5.91 Å². The predicted molar refractivity (Wildman–Crippen MR) is 98.0 cm³/mol. The minimum absolute atomic E-state index is 0.0404. The van der Waals surface area contributed by atoms with E-state index in [9.17, 15) is 18.0 Å². The molecular weight excluding hydrogens is 371 g/mol. The first-order chi connectivity index (χ1) is 13.4. The van der Waals surface area contributed by atoms with Crippen molar-refractivity contribution in [2.75, 3.05) is 18.0 Å². The number of alkyl halides is 3. The Morgan fingerprint density at radius 3 is 2.68 bits per heavy atom. The average Bonchev–Trinajstić information content (AvgIpc) is 3.12. The number of nitrogens with one attached hydrogen (secondary N) is 2. The predicted octanol–water partition coefficient (Wildman–Crippen LogP) is 3.38. The van der Waals surface area contributed by atoms with Gasteiger partial charge < -0.3 is 15.2 Å². The molecule has 2 N–H and O–H groups in total. The molecule has 0 aliphatic carbocycles. The third kappa shape index (κ3) is 3.64. The highest BCUT2D eigenvalue weighted by Gasteiger charge is 2.33. The number of rotatable bonds is 3. The molecule has 146 valence electrons. The van der Waals surface area contributed by atoms with Crippen LogP contribution in [0.25, 0.3) is 10.9 Å². The first-order valence-electron chi connectivity index (χ1n) is 8.93. The minimum Gasteiger partial charge on any atom is -0.360 e. The summed E-state index contributed by atoms with van der Waals surface area (Å²) in [6.45, 7) is 1.01. The second kappa shape index (κ2) is 7.14. The largest absolute Gasteiger partial charge is 0.433 e. The number of halogens is 3. The van der Waals surface area contributed by atoms with E-state index in [1.54, 1.807) is 11.1 Å². The number of aromatic nitrogens is 3. The van der Waals surface area contributed by atoms with Crippen LogP contribution in [0.1, 0.15) is 28.9 Å². The minimum atomic E-state index is -4.50. The van der Waals surface area contributed by atoms with Crippen molar-refractivity contribution in [3.63, 3.8) is 0 Å². The Labute approximate surface area is 158 Å². The van der Waals surface area contributed by atoms with Crippen LogP contribution >= 0.6 is 0 Å². The van der Waals surface area contributed by atoms with Gasteiger partial charge >= 0.3 is 6.18 Å². The first-order valence-corrected chi connectivity index (χ1v) is 8.93. The monoisotopic (exact) mass is 389 g/mol. The Bertz CT molecular complexity index is 992. The van der Waals surface area contributed by atoms with Crippen LogP contribution < -0.4 is 10.2 Å². The lowest BCUT2D eigenvalue weighted by molar-refractivity contribution is -0.141. The van der Waals surface area contributed by atoms with Crippen LogP contribution in [-0.4, -0.2) is 40.0 Å². The lowest BCUT2D eigenvalue weighted by Crippen LogP contribution is -2.45. The van der Waals surface area contributed by atoms with Gasteiger partial charge in [0.1, 0.15) is 17.8 Å². The molecule has 1 saturated heterocycles. The number of fused-ring (bicyclic) bond motifs is 1. The fourth-order valence-electron chi connectivity index (χ4n) is 3.45. The van der Waals surface area contributed by atoms with Crippen LogP contribution in [0.15, 0.2) is 42.9 Å². The van der Waals surface area contributed by atoms with Gasteiger partial charge in [-0.3, -0.25) is 4.79 Å². The van der Waals surface area contributed by atoms with Crippen molar-refractivity contribution >= 4 is 22.6 Å². The molecule has 4 rings (SSSR count). The summed E-state index contributed by atoms with van der Waals surface area (Å²) >= 11 is 0. The van der Waals surface area contributed by atoms with E-state index in [0.717, 1.165) is 23.3 Å². The van der Waals surface area contributed by atoms with E-state index < -0.39 is 11.9 Å². The number of hydrogen-bond acceptors (Lipinski definition) is 4. The van der Waals surface area contributed by atoms with Crippen molar-refractivity contribution in [2.45, 2.75) is 25.1 Å². The lowest BCUT2D eigenvalue weighted by Gasteiger charge is -2.33. The van der Waals surface area contributed by atoms with E-state index in [1.807, 2.05) is 24.3 Å². The van der Waals surface area contributed by atoms with Crippen LogP contribution in [-0.2, 0) is 6.18 Å². The van der Waals surface area contributed by atoms with Gasteiger partial charge in [-0.05, 0) is 18.9 Å². The van der Waals surface area contributed by atoms with Crippen LogP contribution in [0.3, 0.4) is 0 Å². The summed E-state index contributed by atoms with van der Waals surface area (Å²) < 4.78 is 38.5. The number of piperidine rings is 1. The summed E-state index contributed by atoms with van der Waals surface area (Å²) in [5, 5.41) is 3.88. The lowest BCUT2D eigenvalue weighted by atomic mass is 10.0. The van der Waals surface area contributed by atoms with Crippen LogP contribution in [0.5, 0.6) is 0 Å². The van der Waals surface area contributed by atoms with Crippen molar-refractivity contribution in [1.29, 1.82) is 0 Å². The summed E-state index contributed by atoms with van der Waals surface area (Å²) in [7, 11) is 0. The van der Waals surface area contributed by atoms with Crippen molar-refractivity contribution in [3.05, 3.63) is 54.1 Å². The molecule has 0 atom stereocenters. The zero-order valence-corrected chi connectivity index (χ0v) is 14.8. The number of nitrogens with zero attached hydrogens (tertiary/aromatic N) is 3. The molecule has 3 heterocycles. The topological polar surface area (TPSA) is 73.9 Å². The number of carbonyl (C=O) groups excluding carboxylic acids is 1. The molecule has 9 heteroatoms. The molecule has 0 bridgehead atoms. The Morgan fingerprint density at radius 1 is 1.18 bits per heavy atom. The van der Waals surface area contributed by atoms with Crippen LogP contribution in [0.2, 0.25) is 0 Å². The third-order valence-corrected chi connectivity index (χ3v) is 4.93. The Morgan fingerprint density at radius 2 is 1.93 bits per heavy atom. The number of benzene rings is 1. The Hall–Kier alpha value is -3.10. The Balaban J connectivity index is 1.39. The van der Waals surface area contributed by atoms with Gasteiger partial charge in [-0.1, -0.05) is 18.2 Å². The highest BCUT2D eigenvalue weighted by atomic mass is 19.4. The van der Waals surface area contributed by atoms with Gasteiger partial charge in [-0.25, -0.2) is 9.97 Å². The van der Waals surface area contributed by atoms with Gasteiger partial charge in [0.15, 0.2) is 0 Å². The third-order valence-electron chi connectivity index (χ3n) is 4.93. The quantitative estimate of drug-likeness (QED) is 0.720. The number of aromatic amines is 1. The van der Waals surface area contributed by atoms with Crippen molar-refractivity contribution in [2.24, 2.45) is 0 Å². The summed E-state index contributed by atoms with van der Waals surface area (Å²) in [4.78, 5) is 24.7. The molecule has 1 amide bonds. The summed E-state index contributed by atoms with van der Waals surface area (Å²) in [5.41, 5.74) is 0.530. The number of carbonyl (C=O) groups is 1. The van der Waals surface area contributed by atoms with E-state index in [4.69, 9.17) is 0 Å². The molecule has 3 aromatic rings. The number of H-pyrrole nitrogens is 1. The zero-order chi connectivity index (χ0) is 19.7. The van der Waals surface area contributed by atoms with E-state index >= 15 is 0 Å². The summed E-state index contributed by atoms with van der Waals surface area (Å²) in [6, 6.07) is 8.49. The molecule has 1 aliphatic rings. The van der Waals surface area contributed by atoms with E-state index in [1.165, 1.54) is 0 Å². The number of anilines is 1. The number of hydrogen-bond donors (Lipinski definition) is 2. The molecule has 0 spiro atoms. The van der Waals surface area contributed by atoms with Gasteiger partial charge in [-0.15, -0.1) is 0 Å². The summed E-state index contributed by atoms with van der Waals surface area (Å²) in [6.07, 6.45) is -0.625. The standard InChI is InChI=1S/C19H18F3N5O/c20-19(21,22)16-9-17(25-11-24-16)27-7-5-12(6-8-27)26-18(28)14-10-23-15-4-2-1-3-13(14)15/h1-4,9-12,23H,5-8H2,(H,26,28). The summed E-state index contributed by atoms with van der Waals surface area (Å²) in [5.74, 6) is 0.0982. The van der Waals surface area contributed by atoms with Crippen LogP contribution in [0, 0.1) is 0 Å². The van der Waals surface area contributed by atoms with Crippen LogP contribution in [0.4, 0.5) is 19.0 Å². The maximum atomic E-state index is 12.8. The molecule has 1 aliphatic heterocycles. The molecule has 1 fully saturated rings. The van der Waals surface area contributed by atoms with E-state index in [-0.39, 0.29) is 17.8 Å². The van der Waals surface area contributed by atoms with Crippen molar-refractivity contribution in [1.82, 2.24) is 20.3 Å². The SMILES string of the molecule is O=C(NC1CCN(c2cc(C(F)(F)F)ncn2)CC1)c1c[nH]c2ccccc12.